The van der Waals surface area contributed by atoms with E-state index in [-0.39, 0.29) is 17.7 Å². The maximum absolute atomic E-state index is 12.3. The van der Waals surface area contributed by atoms with Gasteiger partial charge in [-0.1, -0.05) is 13.8 Å². The molecule has 8 heteroatoms. The molecule has 22 heavy (non-hydrogen) atoms. The molecule has 118 valence electrons. The first-order chi connectivity index (χ1) is 10.5. The summed E-state index contributed by atoms with van der Waals surface area (Å²) in [6.07, 6.45) is 2.18. The number of carbonyl (C=O) groups excluding carboxylic acids is 2. The number of rotatable bonds is 6. The molecule has 2 heterocycles. The summed E-state index contributed by atoms with van der Waals surface area (Å²) >= 11 is 2.47. The predicted molar refractivity (Wildman–Crippen MR) is 88.3 cm³/mol. The number of nitrogens with zero attached hydrogens (tertiary/aromatic N) is 2. The molecular weight excluding hydrogens is 320 g/mol. The predicted octanol–water partition coefficient (Wildman–Crippen LogP) is 2.69. The van der Waals surface area contributed by atoms with Crippen LogP contribution >= 0.6 is 22.9 Å². The second kappa shape index (κ2) is 7.46. The molecule has 0 aromatic carbocycles. The zero-order valence-corrected chi connectivity index (χ0v) is 14.3. The summed E-state index contributed by atoms with van der Waals surface area (Å²) < 4.78 is 4.08. The Labute approximate surface area is 137 Å². The number of anilines is 1. The van der Waals surface area contributed by atoms with Crippen molar-refractivity contribution in [2.75, 3.05) is 5.32 Å². The van der Waals surface area contributed by atoms with Crippen molar-refractivity contribution in [1.82, 2.24) is 14.7 Å². The Morgan fingerprint density at radius 3 is 2.68 bits per heavy atom. The molecule has 0 aliphatic heterocycles. The summed E-state index contributed by atoms with van der Waals surface area (Å²) in [5.74, 6) is -0.251. The Morgan fingerprint density at radius 2 is 2.14 bits per heavy atom. The van der Waals surface area contributed by atoms with Crippen LogP contribution in [-0.2, 0) is 4.79 Å². The van der Waals surface area contributed by atoms with E-state index in [9.17, 15) is 9.59 Å². The number of aromatic nitrogens is 2. The highest BCUT2D eigenvalue weighted by Gasteiger charge is 2.24. The molecule has 0 bridgehead atoms. The van der Waals surface area contributed by atoms with Crippen molar-refractivity contribution >= 4 is 39.8 Å². The van der Waals surface area contributed by atoms with Gasteiger partial charge in [0.05, 0.1) is 5.69 Å². The minimum Gasteiger partial charge on any atom is -0.339 e. The molecule has 2 aromatic rings. The fraction of sp³-hybridized carbons (Fsp3) is 0.429. The van der Waals surface area contributed by atoms with Gasteiger partial charge in [-0.2, -0.15) is 4.37 Å². The van der Waals surface area contributed by atoms with Gasteiger partial charge in [-0.3, -0.25) is 9.59 Å². The van der Waals surface area contributed by atoms with Crippen LogP contribution in [-0.4, -0.2) is 27.2 Å². The molecule has 2 rings (SSSR count). The zero-order valence-electron chi connectivity index (χ0n) is 12.6. The Morgan fingerprint density at radius 1 is 1.36 bits per heavy atom. The topological polar surface area (TPSA) is 84.0 Å². The summed E-state index contributed by atoms with van der Waals surface area (Å²) in [4.78, 5) is 29.1. The number of aryl methyl sites for hydroxylation is 1. The number of hydrogen-bond acceptors (Lipinski definition) is 6. The molecule has 0 aliphatic carbocycles. The van der Waals surface area contributed by atoms with Gasteiger partial charge < -0.3 is 10.6 Å². The third kappa shape index (κ3) is 4.60. The molecule has 2 N–H and O–H groups in total. The van der Waals surface area contributed by atoms with E-state index in [1.165, 1.54) is 11.3 Å². The molecule has 0 aliphatic rings. The van der Waals surface area contributed by atoms with E-state index in [2.05, 4.69) is 20.0 Å². The van der Waals surface area contributed by atoms with Crippen LogP contribution in [0.2, 0.25) is 0 Å². The number of carbonyl (C=O) groups is 2. The lowest BCUT2D eigenvalue weighted by molar-refractivity contribution is -0.118. The molecule has 1 unspecified atom stereocenters. The van der Waals surface area contributed by atoms with E-state index >= 15 is 0 Å². The second-order valence-electron chi connectivity index (χ2n) is 5.31. The van der Waals surface area contributed by atoms with E-state index < -0.39 is 6.04 Å². The van der Waals surface area contributed by atoms with Gasteiger partial charge in [0.2, 0.25) is 5.91 Å². The first-order valence-corrected chi connectivity index (χ1v) is 8.55. The van der Waals surface area contributed by atoms with Gasteiger partial charge in [-0.25, -0.2) is 4.98 Å². The van der Waals surface area contributed by atoms with Crippen LogP contribution in [0.3, 0.4) is 0 Å². The monoisotopic (exact) mass is 338 g/mol. The maximum atomic E-state index is 12.3. The van der Waals surface area contributed by atoms with Gasteiger partial charge >= 0.3 is 0 Å². The lowest BCUT2D eigenvalue weighted by Gasteiger charge is -2.19. The van der Waals surface area contributed by atoms with Crippen molar-refractivity contribution in [1.29, 1.82) is 0 Å². The highest BCUT2D eigenvalue weighted by molar-refractivity contribution is 7.13. The molecule has 0 saturated carbocycles. The van der Waals surface area contributed by atoms with E-state index in [0.717, 1.165) is 17.2 Å². The van der Waals surface area contributed by atoms with Crippen molar-refractivity contribution < 1.29 is 9.59 Å². The van der Waals surface area contributed by atoms with Gasteiger partial charge in [0.15, 0.2) is 5.13 Å². The van der Waals surface area contributed by atoms with Crippen molar-refractivity contribution in [3.63, 3.8) is 0 Å². The quantitative estimate of drug-likeness (QED) is 0.848. The minimum absolute atomic E-state index is 0.252. The van der Waals surface area contributed by atoms with E-state index in [1.807, 2.05) is 20.8 Å². The second-order valence-corrected chi connectivity index (χ2v) is 7.01. The average Bonchev–Trinajstić information content (AvgIpc) is 3.08. The molecule has 0 fully saturated rings. The molecule has 2 amide bonds. The Bertz CT molecular complexity index is 637. The van der Waals surface area contributed by atoms with E-state index in [1.54, 1.807) is 17.6 Å². The Kier molecular flexibility index (Phi) is 5.62. The average molecular weight is 338 g/mol. The molecule has 6 nitrogen and oxygen atoms in total. The fourth-order valence-corrected chi connectivity index (χ4v) is 3.07. The smallest absolute Gasteiger partial charge is 0.263 e. The summed E-state index contributed by atoms with van der Waals surface area (Å²) in [5, 5.41) is 7.83. The van der Waals surface area contributed by atoms with Crippen LogP contribution in [0.1, 0.15) is 35.6 Å². The van der Waals surface area contributed by atoms with Crippen molar-refractivity contribution in [3.05, 3.63) is 28.2 Å². The van der Waals surface area contributed by atoms with Crippen LogP contribution in [0.25, 0.3) is 0 Å². The van der Waals surface area contributed by atoms with Crippen molar-refractivity contribution in [2.24, 2.45) is 5.92 Å². The van der Waals surface area contributed by atoms with Crippen LogP contribution < -0.4 is 10.6 Å². The van der Waals surface area contributed by atoms with Gasteiger partial charge in [-0.05, 0) is 36.9 Å². The first-order valence-electron chi connectivity index (χ1n) is 6.90. The van der Waals surface area contributed by atoms with Crippen LogP contribution in [0.15, 0.2) is 17.6 Å². The number of amides is 2. The Balaban J connectivity index is 2.05. The van der Waals surface area contributed by atoms with Crippen LogP contribution in [0.5, 0.6) is 0 Å². The lowest BCUT2D eigenvalue weighted by Crippen LogP contribution is -2.44. The third-order valence-corrected chi connectivity index (χ3v) is 4.41. The standard InChI is InChI=1S/C14H18N4O2S2/c1-8(2)6-10(12(19)17-14-15-4-5-21-14)16-13(20)11-7-9(3)18-22-11/h4-5,7-8,10H,6H2,1-3H3,(H,16,20)(H,15,17,19). The molecule has 0 saturated heterocycles. The molecule has 1 atom stereocenters. The summed E-state index contributed by atoms with van der Waals surface area (Å²) in [6.45, 7) is 5.84. The highest BCUT2D eigenvalue weighted by Crippen LogP contribution is 2.14. The van der Waals surface area contributed by atoms with E-state index in [4.69, 9.17) is 0 Å². The van der Waals surface area contributed by atoms with Crippen LogP contribution in [0.4, 0.5) is 5.13 Å². The number of hydrogen-bond donors (Lipinski definition) is 2. The first kappa shape index (κ1) is 16.6. The lowest BCUT2D eigenvalue weighted by atomic mass is 10.0. The van der Waals surface area contributed by atoms with Crippen molar-refractivity contribution in [3.8, 4) is 0 Å². The molecule has 0 spiro atoms. The Hall–Kier alpha value is -1.80. The zero-order chi connectivity index (χ0) is 16.1. The molecule has 0 radical (unpaired) electrons. The highest BCUT2D eigenvalue weighted by atomic mass is 32.1. The van der Waals surface area contributed by atoms with Gasteiger partial charge in [0.25, 0.3) is 5.91 Å². The maximum Gasteiger partial charge on any atom is 0.263 e. The normalized spacial score (nSPS) is 12.2. The summed E-state index contributed by atoms with van der Waals surface area (Å²) in [7, 11) is 0. The molecular formula is C14H18N4O2S2. The van der Waals surface area contributed by atoms with E-state index in [0.29, 0.717) is 16.4 Å². The third-order valence-electron chi connectivity index (χ3n) is 2.84. The SMILES string of the molecule is Cc1cc(C(=O)NC(CC(C)C)C(=O)Nc2nccs2)sn1. The van der Waals surface area contributed by atoms with Crippen molar-refractivity contribution in [2.45, 2.75) is 33.2 Å². The van der Waals surface area contributed by atoms with Gasteiger partial charge in [0.1, 0.15) is 10.9 Å². The number of thiazole rings is 1. The molecule has 2 aromatic heterocycles. The summed E-state index contributed by atoms with van der Waals surface area (Å²) in [6, 6.07) is 1.12. The van der Waals surface area contributed by atoms with Gasteiger partial charge in [0, 0.05) is 11.6 Å². The van der Waals surface area contributed by atoms with Crippen LogP contribution in [0, 0.1) is 12.8 Å². The van der Waals surface area contributed by atoms with Gasteiger partial charge in [-0.15, -0.1) is 11.3 Å². The largest absolute Gasteiger partial charge is 0.339 e. The summed E-state index contributed by atoms with van der Waals surface area (Å²) in [5.41, 5.74) is 0.794. The number of nitrogens with one attached hydrogen (secondary N) is 2. The fourth-order valence-electron chi connectivity index (χ4n) is 1.88. The minimum atomic E-state index is -0.598.